The van der Waals surface area contributed by atoms with Gasteiger partial charge in [-0.3, -0.25) is 14.5 Å². The van der Waals surface area contributed by atoms with Gasteiger partial charge in [-0.2, -0.15) is 0 Å². The van der Waals surface area contributed by atoms with E-state index in [4.69, 9.17) is 0 Å². The molecular formula is C17H15NO2. The smallest absolute Gasteiger partial charge is 0.261 e. The van der Waals surface area contributed by atoms with E-state index in [2.05, 4.69) is 0 Å². The Morgan fingerprint density at radius 2 is 1.85 bits per heavy atom. The molecule has 0 aromatic heterocycles. The van der Waals surface area contributed by atoms with E-state index >= 15 is 0 Å². The summed E-state index contributed by atoms with van der Waals surface area (Å²) in [6, 6.07) is 14.7. The third kappa shape index (κ3) is 2.11. The van der Waals surface area contributed by atoms with Crippen molar-refractivity contribution in [2.45, 2.75) is 13.3 Å². The third-order valence-electron chi connectivity index (χ3n) is 3.61. The molecule has 0 unspecified atom stereocenters. The van der Waals surface area contributed by atoms with E-state index in [0.717, 1.165) is 17.5 Å². The van der Waals surface area contributed by atoms with E-state index in [0.29, 0.717) is 17.7 Å². The van der Waals surface area contributed by atoms with Crippen LogP contribution in [0.2, 0.25) is 0 Å². The summed E-state index contributed by atoms with van der Waals surface area (Å²) >= 11 is 0. The number of hydrogen-bond acceptors (Lipinski definition) is 2. The van der Waals surface area contributed by atoms with Crippen LogP contribution in [0.25, 0.3) is 0 Å². The van der Waals surface area contributed by atoms with Crippen molar-refractivity contribution < 1.29 is 9.59 Å². The van der Waals surface area contributed by atoms with Gasteiger partial charge >= 0.3 is 0 Å². The number of nitrogens with zero attached hydrogens (tertiary/aromatic N) is 1. The summed E-state index contributed by atoms with van der Waals surface area (Å²) in [6.07, 6.45) is 0.724. The molecule has 100 valence electrons. The summed E-state index contributed by atoms with van der Waals surface area (Å²) in [7, 11) is 0. The van der Waals surface area contributed by atoms with Crippen molar-refractivity contribution in [2.24, 2.45) is 0 Å². The zero-order valence-electron chi connectivity index (χ0n) is 11.3. The van der Waals surface area contributed by atoms with Gasteiger partial charge in [0, 0.05) is 17.7 Å². The number of imide groups is 1. The van der Waals surface area contributed by atoms with E-state index in [9.17, 15) is 9.59 Å². The van der Waals surface area contributed by atoms with Crippen LogP contribution >= 0.6 is 0 Å². The molecule has 2 aromatic rings. The molecule has 0 spiro atoms. The van der Waals surface area contributed by atoms with Crippen LogP contribution in [0.3, 0.4) is 0 Å². The lowest BCUT2D eigenvalue weighted by Gasteiger charge is -2.27. The Morgan fingerprint density at radius 3 is 2.60 bits per heavy atom. The number of aryl methyl sites for hydroxylation is 1. The summed E-state index contributed by atoms with van der Waals surface area (Å²) < 4.78 is 0. The summed E-state index contributed by atoms with van der Waals surface area (Å²) in [5.74, 6) is -0.415. The van der Waals surface area contributed by atoms with Gasteiger partial charge in [-0.15, -0.1) is 0 Å². The molecule has 3 nitrogen and oxygen atoms in total. The van der Waals surface area contributed by atoms with Gasteiger partial charge in [0.1, 0.15) is 0 Å². The molecule has 0 bridgehead atoms. The molecule has 1 aliphatic heterocycles. The van der Waals surface area contributed by atoms with Gasteiger partial charge in [0.2, 0.25) is 0 Å². The van der Waals surface area contributed by atoms with Crippen molar-refractivity contribution in [1.82, 2.24) is 4.90 Å². The lowest BCUT2D eigenvalue weighted by Crippen LogP contribution is -2.42. The number of hydrogen-bond donors (Lipinski definition) is 0. The van der Waals surface area contributed by atoms with Gasteiger partial charge in [-0.1, -0.05) is 35.9 Å². The predicted molar refractivity (Wildman–Crippen MR) is 76.7 cm³/mol. The molecule has 3 rings (SSSR count). The van der Waals surface area contributed by atoms with Crippen molar-refractivity contribution in [3.05, 3.63) is 70.8 Å². The fourth-order valence-corrected chi connectivity index (χ4v) is 2.55. The molecule has 0 N–H and O–H groups in total. The molecule has 0 fully saturated rings. The second kappa shape index (κ2) is 4.93. The summed E-state index contributed by atoms with van der Waals surface area (Å²) in [5, 5.41) is 0. The van der Waals surface area contributed by atoms with Crippen LogP contribution in [-0.4, -0.2) is 23.3 Å². The molecule has 3 heteroatoms. The van der Waals surface area contributed by atoms with Gasteiger partial charge in [0.25, 0.3) is 11.8 Å². The Bertz CT molecular complexity index is 677. The van der Waals surface area contributed by atoms with E-state index < -0.39 is 0 Å². The van der Waals surface area contributed by atoms with Gasteiger partial charge in [0.15, 0.2) is 0 Å². The minimum absolute atomic E-state index is 0.194. The number of benzene rings is 2. The van der Waals surface area contributed by atoms with Crippen LogP contribution in [0, 0.1) is 6.92 Å². The SMILES string of the molecule is Cc1ccc2c(c1)CCN(C(=O)c1ccccc1)C2=O. The average molecular weight is 265 g/mol. The number of rotatable bonds is 1. The zero-order valence-corrected chi connectivity index (χ0v) is 11.3. The minimum atomic E-state index is -0.221. The normalized spacial score (nSPS) is 14.1. The maximum absolute atomic E-state index is 12.4. The maximum Gasteiger partial charge on any atom is 0.261 e. The van der Waals surface area contributed by atoms with Crippen molar-refractivity contribution in [1.29, 1.82) is 0 Å². The standard InChI is InChI=1S/C17H15NO2/c1-12-7-8-15-14(11-12)9-10-18(17(15)20)16(19)13-5-3-2-4-6-13/h2-8,11H,9-10H2,1H3. The molecule has 20 heavy (non-hydrogen) atoms. The first kappa shape index (κ1) is 12.6. The molecule has 0 aliphatic carbocycles. The quantitative estimate of drug-likeness (QED) is 0.743. The van der Waals surface area contributed by atoms with Crippen LogP contribution in [0.1, 0.15) is 31.8 Å². The van der Waals surface area contributed by atoms with Gasteiger partial charge in [0.05, 0.1) is 0 Å². The van der Waals surface area contributed by atoms with Crippen LogP contribution in [0.5, 0.6) is 0 Å². The first-order chi connectivity index (χ1) is 9.66. The van der Waals surface area contributed by atoms with Crippen molar-refractivity contribution in [3.63, 3.8) is 0 Å². The lowest BCUT2D eigenvalue weighted by molar-refractivity contribution is 0.0605. The molecule has 0 saturated heterocycles. The van der Waals surface area contributed by atoms with Gasteiger partial charge in [-0.05, 0) is 37.1 Å². The van der Waals surface area contributed by atoms with Crippen LogP contribution in [-0.2, 0) is 6.42 Å². The second-order valence-electron chi connectivity index (χ2n) is 5.04. The highest BCUT2D eigenvalue weighted by Crippen LogP contribution is 2.21. The highest BCUT2D eigenvalue weighted by molar-refractivity contribution is 6.11. The first-order valence-corrected chi connectivity index (χ1v) is 6.67. The van der Waals surface area contributed by atoms with E-state index in [1.807, 2.05) is 31.2 Å². The summed E-state index contributed by atoms with van der Waals surface area (Å²) in [4.78, 5) is 26.2. The molecular weight excluding hydrogens is 250 g/mol. The zero-order chi connectivity index (χ0) is 14.1. The number of carbonyl (C=O) groups excluding carboxylic acids is 2. The van der Waals surface area contributed by atoms with E-state index in [-0.39, 0.29) is 11.8 Å². The minimum Gasteiger partial charge on any atom is -0.274 e. The molecule has 1 aliphatic rings. The average Bonchev–Trinajstić information content (AvgIpc) is 2.48. The summed E-state index contributed by atoms with van der Waals surface area (Å²) in [6.45, 7) is 2.45. The largest absolute Gasteiger partial charge is 0.274 e. The molecule has 2 amide bonds. The van der Waals surface area contributed by atoms with Crippen LogP contribution < -0.4 is 0 Å². The third-order valence-corrected chi connectivity index (χ3v) is 3.61. The topological polar surface area (TPSA) is 37.4 Å². The molecule has 2 aromatic carbocycles. The van der Waals surface area contributed by atoms with Crippen molar-refractivity contribution in [2.75, 3.05) is 6.54 Å². The van der Waals surface area contributed by atoms with Gasteiger partial charge in [-0.25, -0.2) is 0 Å². The Kier molecular flexibility index (Phi) is 3.11. The number of amides is 2. The van der Waals surface area contributed by atoms with E-state index in [1.54, 1.807) is 24.3 Å². The predicted octanol–water partition coefficient (Wildman–Crippen LogP) is 2.83. The first-order valence-electron chi connectivity index (χ1n) is 6.67. The molecule has 0 saturated carbocycles. The van der Waals surface area contributed by atoms with Crippen molar-refractivity contribution in [3.8, 4) is 0 Å². The van der Waals surface area contributed by atoms with Crippen LogP contribution in [0.15, 0.2) is 48.5 Å². The Hall–Kier alpha value is -2.42. The highest BCUT2D eigenvalue weighted by Gasteiger charge is 2.29. The Balaban J connectivity index is 1.93. The highest BCUT2D eigenvalue weighted by atomic mass is 16.2. The Morgan fingerprint density at radius 1 is 1.10 bits per heavy atom. The van der Waals surface area contributed by atoms with E-state index in [1.165, 1.54) is 4.90 Å². The second-order valence-corrected chi connectivity index (χ2v) is 5.04. The number of carbonyl (C=O) groups is 2. The fourth-order valence-electron chi connectivity index (χ4n) is 2.55. The summed E-state index contributed by atoms with van der Waals surface area (Å²) in [5.41, 5.74) is 3.37. The van der Waals surface area contributed by atoms with Gasteiger partial charge < -0.3 is 0 Å². The Labute approximate surface area is 117 Å². The molecule has 0 atom stereocenters. The van der Waals surface area contributed by atoms with Crippen LogP contribution in [0.4, 0.5) is 0 Å². The monoisotopic (exact) mass is 265 g/mol. The lowest BCUT2D eigenvalue weighted by atomic mass is 9.96. The number of fused-ring (bicyclic) bond motifs is 1. The molecule has 1 heterocycles. The molecule has 0 radical (unpaired) electrons. The van der Waals surface area contributed by atoms with Crippen molar-refractivity contribution >= 4 is 11.8 Å². The fraction of sp³-hybridized carbons (Fsp3) is 0.176. The maximum atomic E-state index is 12.4.